The number of hydrogen-bond acceptors (Lipinski definition) is 9. The average Bonchev–Trinajstić information content (AvgIpc) is 3.73. The van der Waals surface area contributed by atoms with Gasteiger partial charge in [-0.2, -0.15) is 0 Å². The number of methoxy groups -OCH3 is 2. The summed E-state index contributed by atoms with van der Waals surface area (Å²) in [6.45, 7) is 8.69. The third-order valence-electron chi connectivity index (χ3n) is 7.92. The lowest BCUT2D eigenvalue weighted by atomic mass is 9.93. The Bertz CT molecular complexity index is 982. The number of carbonyl (C=O) groups is 2. The van der Waals surface area contributed by atoms with Gasteiger partial charge < -0.3 is 44.3 Å². The van der Waals surface area contributed by atoms with E-state index in [-0.39, 0.29) is 49.6 Å². The first-order valence-corrected chi connectivity index (χ1v) is 14.6. The molecule has 2 amide bonds. The van der Waals surface area contributed by atoms with E-state index < -0.39 is 11.5 Å². The molecular formula is C30H49N3O8. The molecular weight excluding hydrogens is 530 g/mol. The van der Waals surface area contributed by atoms with Gasteiger partial charge >= 0.3 is 6.09 Å². The zero-order valence-corrected chi connectivity index (χ0v) is 25.3. The smallest absolute Gasteiger partial charge is 0.410 e. The molecule has 0 unspecified atom stereocenters. The Morgan fingerprint density at radius 2 is 1.73 bits per heavy atom. The van der Waals surface area contributed by atoms with Crippen molar-refractivity contribution in [1.82, 2.24) is 15.1 Å². The summed E-state index contributed by atoms with van der Waals surface area (Å²) in [4.78, 5) is 30.5. The van der Waals surface area contributed by atoms with Crippen LogP contribution in [0.1, 0.15) is 50.4 Å². The van der Waals surface area contributed by atoms with Crippen molar-refractivity contribution in [2.24, 2.45) is 17.3 Å². The van der Waals surface area contributed by atoms with Gasteiger partial charge in [-0.1, -0.05) is 6.92 Å². The van der Waals surface area contributed by atoms with Crippen LogP contribution in [0.25, 0.3) is 0 Å². The van der Waals surface area contributed by atoms with Crippen LogP contribution < -0.4 is 14.8 Å². The van der Waals surface area contributed by atoms with E-state index >= 15 is 0 Å². The van der Waals surface area contributed by atoms with Gasteiger partial charge in [0.25, 0.3) is 5.91 Å². The van der Waals surface area contributed by atoms with E-state index in [9.17, 15) is 19.8 Å². The lowest BCUT2D eigenvalue weighted by Crippen LogP contribution is -2.45. The molecule has 1 aromatic carbocycles. The van der Waals surface area contributed by atoms with Crippen LogP contribution in [0.3, 0.4) is 0 Å². The maximum atomic E-state index is 13.8. The quantitative estimate of drug-likeness (QED) is 0.238. The van der Waals surface area contributed by atoms with E-state index in [0.717, 1.165) is 32.4 Å². The standard InChI is InChI=1S/C30H49N3O8/c1-21(2)32(28(36)22-7-10-26(39-5)27(13-22)40-12-6-11-38-4)16-23-14-31-15-24(23)17-33(25-8-9-25)29(37)41-20-30(3,18-34)19-35/h7,10,13,21,23-25,31,34-35H,6,8-9,11-12,14-20H2,1-5H3/t23-,24-/m0/s1. The van der Waals surface area contributed by atoms with Crippen LogP contribution >= 0.6 is 0 Å². The molecule has 11 nitrogen and oxygen atoms in total. The predicted octanol–water partition coefficient (Wildman–Crippen LogP) is 2.39. The first-order valence-electron chi connectivity index (χ1n) is 14.6. The molecule has 0 bridgehead atoms. The number of rotatable bonds is 17. The minimum Gasteiger partial charge on any atom is -0.493 e. The minimum atomic E-state index is -0.878. The monoisotopic (exact) mass is 579 g/mol. The van der Waals surface area contributed by atoms with Gasteiger partial charge in [0.1, 0.15) is 6.61 Å². The van der Waals surface area contributed by atoms with E-state index in [1.54, 1.807) is 44.2 Å². The van der Waals surface area contributed by atoms with Crippen molar-refractivity contribution < 1.29 is 38.7 Å². The van der Waals surface area contributed by atoms with E-state index in [4.69, 9.17) is 18.9 Å². The van der Waals surface area contributed by atoms with Crippen molar-refractivity contribution in [3.05, 3.63) is 23.8 Å². The van der Waals surface area contributed by atoms with Gasteiger partial charge in [-0.3, -0.25) is 4.79 Å². The summed E-state index contributed by atoms with van der Waals surface area (Å²) in [5.41, 5.74) is -0.348. The van der Waals surface area contributed by atoms with Crippen molar-refractivity contribution in [2.75, 3.05) is 73.4 Å². The maximum Gasteiger partial charge on any atom is 0.410 e. The van der Waals surface area contributed by atoms with E-state index in [1.165, 1.54) is 0 Å². The number of hydrogen-bond donors (Lipinski definition) is 3. The van der Waals surface area contributed by atoms with Crippen LogP contribution in [0, 0.1) is 17.3 Å². The summed E-state index contributed by atoms with van der Waals surface area (Å²) in [6.07, 6.45) is 2.17. The normalized spacial score (nSPS) is 18.8. The van der Waals surface area contributed by atoms with Gasteiger partial charge in [0.2, 0.25) is 0 Å². The summed E-state index contributed by atoms with van der Waals surface area (Å²) in [5, 5.41) is 22.6. The number of benzene rings is 1. The van der Waals surface area contributed by atoms with Crippen molar-refractivity contribution >= 4 is 12.0 Å². The van der Waals surface area contributed by atoms with Crippen molar-refractivity contribution in [3.8, 4) is 11.5 Å². The summed E-state index contributed by atoms with van der Waals surface area (Å²) >= 11 is 0. The number of amides is 2. The molecule has 1 aliphatic carbocycles. The molecule has 3 rings (SSSR count). The summed E-state index contributed by atoms with van der Waals surface area (Å²) < 4.78 is 22.0. The Kier molecular flexibility index (Phi) is 12.5. The molecule has 1 saturated carbocycles. The lowest BCUT2D eigenvalue weighted by Gasteiger charge is -2.34. The SMILES string of the molecule is COCCCOc1cc(C(=O)N(C[C@@H]2CNC[C@H]2CN(C(=O)OCC(C)(CO)CO)C2CC2)C(C)C)ccc1OC. The van der Waals surface area contributed by atoms with Crippen LogP contribution in [0.2, 0.25) is 0 Å². The fraction of sp³-hybridized carbons (Fsp3) is 0.733. The molecule has 1 heterocycles. The van der Waals surface area contributed by atoms with E-state index in [2.05, 4.69) is 5.32 Å². The topological polar surface area (TPSA) is 130 Å². The molecule has 41 heavy (non-hydrogen) atoms. The number of nitrogens with one attached hydrogen (secondary N) is 1. The maximum absolute atomic E-state index is 13.8. The Balaban J connectivity index is 1.68. The van der Waals surface area contributed by atoms with Crippen molar-refractivity contribution in [1.29, 1.82) is 0 Å². The van der Waals surface area contributed by atoms with Gasteiger partial charge in [-0.05, 0) is 56.7 Å². The highest BCUT2D eigenvalue weighted by Crippen LogP contribution is 2.32. The molecule has 1 aromatic rings. The highest BCUT2D eigenvalue weighted by atomic mass is 16.6. The first kappa shape index (κ1) is 32.9. The Morgan fingerprint density at radius 3 is 2.32 bits per heavy atom. The van der Waals surface area contributed by atoms with Crippen LogP contribution in [0.4, 0.5) is 4.79 Å². The molecule has 3 N–H and O–H groups in total. The van der Waals surface area contributed by atoms with Crippen LogP contribution in [0.5, 0.6) is 11.5 Å². The van der Waals surface area contributed by atoms with Crippen molar-refractivity contribution in [3.63, 3.8) is 0 Å². The number of ether oxygens (including phenoxy) is 4. The molecule has 0 aromatic heterocycles. The summed E-state index contributed by atoms with van der Waals surface area (Å²) in [6, 6.07) is 5.37. The molecule has 0 spiro atoms. The summed E-state index contributed by atoms with van der Waals surface area (Å²) in [7, 11) is 3.22. The molecule has 1 aliphatic heterocycles. The van der Waals surface area contributed by atoms with Crippen LogP contribution in [-0.4, -0.2) is 118 Å². The fourth-order valence-corrected chi connectivity index (χ4v) is 4.94. The highest BCUT2D eigenvalue weighted by molar-refractivity contribution is 5.95. The molecule has 2 fully saturated rings. The number of nitrogens with zero attached hydrogens (tertiary/aromatic N) is 2. The van der Waals surface area contributed by atoms with Gasteiger partial charge in [-0.15, -0.1) is 0 Å². The largest absolute Gasteiger partial charge is 0.493 e. The van der Waals surface area contributed by atoms with Gasteiger partial charge in [0, 0.05) is 69.4 Å². The van der Waals surface area contributed by atoms with Crippen LogP contribution in [-0.2, 0) is 9.47 Å². The number of carbonyl (C=O) groups excluding carboxylic acids is 2. The van der Waals surface area contributed by atoms with Gasteiger partial charge in [0.15, 0.2) is 11.5 Å². The third kappa shape index (κ3) is 9.19. The number of aliphatic hydroxyl groups is 2. The van der Waals surface area contributed by atoms with E-state index in [0.29, 0.717) is 43.4 Å². The predicted molar refractivity (Wildman–Crippen MR) is 154 cm³/mol. The van der Waals surface area contributed by atoms with Gasteiger partial charge in [-0.25, -0.2) is 4.79 Å². The lowest BCUT2D eigenvalue weighted by molar-refractivity contribution is -0.00246. The second-order valence-electron chi connectivity index (χ2n) is 11.9. The fourth-order valence-electron chi connectivity index (χ4n) is 4.94. The molecule has 232 valence electrons. The third-order valence-corrected chi connectivity index (χ3v) is 7.92. The Hall–Kier alpha value is -2.60. The molecule has 1 saturated heterocycles. The molecule has 0 radical (unpaired) electrons. The Labute approximate surface area is 244 Å². The average molecular weight is 580 g/mol. The van der Waals surface area contributed by atoms with E-state index in [1.807, 2.05) is 18.7 Å². The number of aliphatic hydroxyl groups excluding tert-OH is 2. The first-order chi connectivity index (χ1) is 19.7. The van der Waals surface area contributed by atoms with Crippen LogP contribution in [0.15, 0.2) is 18.2 Å². The zero-order chi connectivity index (χ0) is 30.0. The minimum absolute atomic E-state index is 0.0314. The highest BCUT2D eigenvalue weighted by Gasteiger charge is 2.40. The van der Waals surface area contributed by atoms with Gasteiger partial charge in [0.05, 0.1) is 26.9 Å². The second-order valence-corrected chi connectivity index (χ2v) is 11.9. The second kappa shape index (κ2) is 15.6. The van der Waals surface area contributed by atoms with Crippen molar-refractivity contribution in [2.45, 2.75) is 52.1 Å². The molecule has 11 heteroatoms. The Morgan fingerprint density at radius 1 is 1.05 bits per heavy atom. The zero-order valence-electron chi connectivity index (χ0n) is 25.3. The molecule has 2 aliphatic rings. The summed E-state index contributed by atoms with van der Waals surface area (Å²) in [5.74, 6) is 1.31. The molecule has 2 atom stereocenters.